The Morgan fingerprint density at radius 3 is 2.93 bits per heavy atom. The summed E-state index contributed by atoms with van der Waals surface area (Å²) in [5.74, 6) is 0. The molecule has 76 valence electrons. The Balaban J connectivity index is 3.08. The predicted octanol–water partition coefficient (Wildman–Crippen LogP) is 1.57. The minimum atomic E-state index is -0.531. The number of hydrogen-bond acceptors (Lipinski definition) is 5. The van der Waals surface area contributed by atoms with Crippen LogP contribution in [-0.2, 0) is 6.54 Å². The lowest BCUT2D eigenvalue weighted by Crippen LogP contribution is -2.14. The third-order valence-corrected chi connectivity index (χ3v) is 1.92. The van der Waals surface area contributed by atoms with Crippen LogP contribution in [0.1, 0.15) is 5.69 Å². The first-order valence-corrected chi connectivity index (χ1v) is 4.49. The number of aromatic nitrogens is 1. The standard InChI is InChI=1S/C7H8BrN3O3/c1-10(12)4-6-7(11(13)14)2-5(8)3-9-6/h2-3,12H,4H2,1H3. The van der Waals surface area contributed by atoms with Crippen LogP contribution in [0.3, 0.4) is 0 Å². The molecule has 0 saturated carbocycles. The summed E-state index contributed by atoms with van der Waals surface area (Å²) in [6.45, 7) is 0.0175. The van der Waals surface area contributed by atoms with E-state index < -0.39 is 4.92 Å². The van der Waals surface area contributed by atoms with E-state index in [1.807, 2.05) is 0 Å². The van der Waals surface area contributed by atoms with Crippen LogP contribution in [0.25, 0.3) is 0 Å². The van der Waals surface area contributed by atoms with Gasteiger partial charge in [0, 0.05) is 23.8 Å². The molecule has 1 rings (SSSR count). The molecule has 1 aromatic heterocycles. The second-order valence-electron chi connectivity index (χ2n) is 2.69. The Labute approximate surface area is 88.4 Å². The van der Waals surface area contributed by atoms with E-state index in [2.05, 4.69) is 20.9 Å². The van der Waals surface area contributed by atoms with Crippen molar-refractivity contribution < 1.29 is 10.1 Å². The number of nitro groups is 1. The molecule has 14 heavy (non-hydrogen) atoms. The van der Waals surface area contributed by atoms with Gasteiger partial charge in [0.05, 0.1) is 11.5 Å². The van der Waals surface area contributed by atoms with Gasteiger partial charge in [-0.05, 0) is 15.9 Å². The Morgan fingerprint density at radius 1 is 1.79 bits per heavy atom. The van der Waals surface area contributed by atoms with Gasteiger partial charge in [-0.25, -0.2) is 0 Å². The van der Waals surface area contributed by atoms with Gasteiger partial charge in [0.1, 0.15) is 5.69 Å². The molecule has 1 heterocycles. The lowest BCUT2D eigenvalue weighted by atomic mass is 10.3. The van der Waals surface area contributed by atoms with E-state index in [-0.39, 0.29) is 17.9 Å². The highest BCUT2D eigenvalue weighted by atomic mass is 79.9. The first-order valence-electron chi connectivity index (χ1n) is 3.69. The molecule has 1 aromatic rings. The Bertz CT molecular complexity index is 356. The van der Waals surface area contributed by atoms with E-state index in [4.69, 9.17) is 5.21 Å². The molecule has 0 spiro atoms. The summed E-state index contributed by atoms with van der Waals surface area (Å²) in [7, 11) is 1.40. The van der Waals surface area contributed by atoms with Crippen molar-refractivity contribution in [1.29, 1.82) is 0 Å². The molecule has 1 N–H and O–H groups in total. The lowest BCUT2D eigenvalue weighted by molar-refractivity contribution is -0.386. The molecule has 0 aliphatic rings. The number of halogens is 1. The summed E-state index contributed by atoms with van der Waals surface area (Å²) >= 11 is 3.09. The molecule has 6 nitrogen and oxygen atoms in total. The van der Waals surface area contributed by atoms with Gasteiger partial charge in [-0.15, -0.1) is 0 Å². The van der Waals surface area contributed by atoms with Crippen LogP contribution in [0.2, 0.25) is 0 Å². The maximum atomic E-state index is 10.6. The number of rotatable bonds is 3. The fourth-order valence-electron chi connectivity index (χ4n) is 0.954. The van der Waals surface area contributed by atoms with Crippen LogP contribution < -0.4 is 0 Å². The first kappa shape index (κ1) is 11.0. The number of pyridine rings is 1. The number of nitrogens with zero attached hydrogens (tertiary/aromatic N) is 3. The maximum Gasteiger partial charge on any atom is 0.293 e. The van der Waals surface area contributed by atoms with E-state index in [0.29, 0.717) is 4.47 Å². The zero-order chi connectivity index (χ0) is 10.7. The third kappa shape index (κ3) is 2.72. The van der Waals surface area contributed by atoms with Gasteiger partial charge >= 0.3 is 0 Å². The molecule has 0 amide bonds. The van der Waals surface area contributed by atoms with Crippen LogP contribution in [-0.4, -0.2) is 27.2 Å². The smallest absolute Gasteiger partial charge is 0.293 e. The predicted molar refractivity (Wildman–Crippen MR) is 51.8 cm³/mol. The zero-order valence-electron chi connectivity index (χ0n) is 7.35. The van der Waals surface area contributed by atoms with Crippen molar-refractivity contribution in [3.63, 3.8) is 0 Å². The quantitative estimate of drug-likeness (QED) is 0.660. The summed E-state index contributed by atoms with van der Waals surface area (Å²) < 4.78 is 0.536. The van der Waals surface area contributed by atoms with Crippen molar-refractivity contribution >= 4 is 21.6 Å². The van der Waals surface area contributed by atoms with Crippen molar-refractivity contribution in [3.8, 4) is 0 Å². The summed E-state index contributed by atoms with van der Waals surface area (Å²) in [6.07, 6.45) is 1.45. The molecule has 0 fully saturated rings. The monoisotopic (exact) mass is 261 g/mol. The van der Waals surface area contributed by atoms with Crippen LogP contribution in [0.15, 0.2) is 16.7 Å². The Hall–Kier alpha value is -1.05. The molecular formula is C7H8BrN3O3. The Kier molecular flexibility index (Phi) is 3.50. The van der Waals surface area contributed by atoms with Crippen LogP contribution in [0.5, 0.6) is 0 Å². The van der Waals surface area contributed by atoms with Crippen LogP contribution in [0.4, 0.5) is 5.69 Å². The second-order valence-corrected chi connectivity index (χ2v) is 3.61. The average molecular weight is 262 g/mol. The molecule has 0 bridgehead atoms. The van der Waals surface area contributed by atoms with E-state index in [1.165, 1.54) is 19.3 Å². The highest BCUT2D eigenvalue weighted by molar-refractivity contribution is 9.10. The molecule has 0 saturated heterocycles. The average Bonchev–Trinajstić information content (AvgIpc) is 2.07. The van der Waals surface area contributed by atoms with Gasteiger partial charge in [0.2, 0.25) is 0 Å². The van der Waals surface area contributed by atoms with Gasteiger partial charge in [-0.1, -0.05) is 0 Å². The minimum absolute atomic E-state index is 0.0175. The van der Waals surface area contributed by atoms with Crippen molar-refractivity contribution in [1.82, 2.24) is 10.0 Å². The van der Waals surface area contributed by atoms with Gasteiger partial charge in [0.15, 0.2) is 0 Å². The van der Waals surface area contributed by atoms with E-state index in [9.17, 15) is 10.1 Å². The van der Waals surface area contributed by atoms with E-state index in [0.717, 1.165) is 5.06 Å². The summed E-state index contributed by atoms with van der Waals surface area (Å²) in [5, 5.41) is 20.4. The summed E-state index contributed by atoms with van der Waals surface area (Å²) in [5.41, 5.74) is 0.114. The normalized spacial score (nSPS) is 10.6. The summed E-state index contributed by atoms with van der Waals surface area (Å²) in [4.78, 5) is 13.9. The largest absolute Gasteiger partial charge is 0.314 e. The highest BCUT2D eigenvalue weighted by Gasteiger charge is 2.16. The molecule has 0 aromatic carbocycles. The zero-order valence-corrected chi connectivity index (χ0v) is 8.93. The molecule has 0 aliphatic carbocycles. The van der Waals surface area contributed by atoms with Crippen molar-refractivity contribution in [2.24, 2.45) is 0 Å². The van der Waals surface area contributed by atoms with E-state index >= 15 is 0 Å². The maximum absolute atomic E-state index is 10.6. The van der Waals surface area contributed by atoms with Crippen LogP contribution in [0, 0.1) is 10.1 Å². The summed E-state index contributed by atoms with van der Waals surface area (Å²) in [6, 6.07) is 1.35. The fourth-order valence-corrected chi connectivity index (χ4v) is 1.27. The van der Waals surface area contributed by atoms with Crippen molar-refractivity contribution in [2.75, 3.05) is 7.05 Å². The molecule has 7 heteroatoms. The first-order chi connectivity index (χ1) is 6.50. The third-order valence-electron chi connectivity index (χ3n) is 1.49. The minimum Gasteiger partial charge on any atom is -0.314 e. The van der Waals surface area contributed by atoms with Crippen molar-refractivity contribution in [3.05, 3.63) is 32.5 Å². The Morgan fingerprint density at radius 2 is 2.43 bits per heavy atom. The second kappa shape index (κ2) is 4.45. The lowest BCUT2D eigenvalue weighted by Gasteiger charge is -2.07. The van der Waals surface area contributed by atoms with Gasteiger partial charge in [-0.3, -0.25) is 15.1 Å². The molecule has 0 unspecified atom stereocenters. The number of hydrogen-bond donors (Lipinski definition) is 1. The SMILES string of the molecule is CN(O)Cc1ncc(Br)cc1[N+](=O)[O-]. The van der Waals surface area contributed by atoms with Crippen molar-refractivity contribution in [2.45, 2.75) is 6.54 Å². The fraction of sp³-hybridized carbons (Fsp3) is 0.286. The molecular weight excluding hydrogens is 254 g/mol. The molecule has 0 aliphatic heterocycles. The molecule has 0 radical (unpaired) electrons. The van der Waals surface area contributed by atoms with Gasteiger partial charge in [-0.2, -0.15) is 5.06 Å². The van der Waals surface area contributed by atoms with Crippen LogP contribution >= 0.6 is 15.9 Å². The number of hydroxylamine groups is 2. The topological polar surface area (TPSA) is 79.5 Å². The molecule has 0 atom stereocenters. The van der Waals surface area contributed by atoms with Gasteiger partial charge in [0.25, 0.3) is 5.69 Å². The van der Waals surface area contributed by atoms with Gasteiger partial charge < -0.3 is 5.21 Å². The highest BCUT2D eigenvalue weighted by Crippen LogP contribution is 2.21. The van der Waals surface area contributed by atoms with E-state index in [1.54, 1.807) is 0 Å².